The summed E-state index contributed by atoms with van der Waals surface area (Å²) in [5, 5.41) is 8.28. The van der Waals surface area contributed by atoms with Crippen molar-refractivity contribution in [1.29, 1.82) is 0 Å². The molecule has 4 rings (SSSR count). The topological polar surface area (TPSA) is 57.7 Å². The number of aromatic nitrogens is 4. The fourth-order valence-electron chi connectivity index (χ4n) is 2.79. The SMILES string of the molecule is c1cc(C2CCCCN2c2nc(C3CC3)ns2)[nH]n1. The van der Waals surface area contributed by atoms with Gasteiger partial charge in [0.05, 0.1) is 11.7 Å². The Hall–Kier alpha value is -1.43. The summed E-state index contributed by atoms with van der Waals surface area (Å²) in [6, 6.07) is 2.46. The third-order valence-electron chi connectivity index (χ3n) is 4.00. The smallest absolute Gasteiger partial charge is 0.205 e. The van der Waals surface area contributed by atoms with Crippen LogP contribution in [0.4, 0.5) is 5.13 Å². The van der Waals surface area contributed by atoms with E-state index in [0.29, 0.717) is 12.0 Å². The van der Waals surface area contributed by atoms with Crippen LogP contribution in [0.25, 0.3) is 0 Å². The van der Waals surface area contributed by atoms with E-state index in [1.54, 1.807) is 11.5 Å². The molecule has 1 aliphatic heterocycles. The van der Waals surface area contributed by atoms with Gasteiger partial charge in [-0.2, -0.15) is 9.47 Å². The number of nitrogens with zero attached hydrogens (tertiary/aromatic N) is 4. The van der Waals surface area contributed by atoms with Crippen LogP contribution in [-0.2, 0) is 0 Å². The first-order chi connectivity index (χ1) is 9.42. The van der Waals surface area contributed by atoms with Crippen molar-refractivity contribution in [3.05, 3.63) is 23.8 Å². The van der Waals surface area contributed by atoms with Crippen LogP contribution in [0.15, 0.2) is 12.3 Å². The highest BCUT2D eigenvalue weighted by atomic mass is 32.1. The molecule has 100 valence electrons. The van der Waals surface area contributed by atoms with E-state index in [-0.39, 0.29) is 0 Å². The Labute approximate surface area is 116 Å². The van der Waals surface area contributed by atoms with Crippen molar-refractivity contribution in [2.24, 2.45) is 0 Å². The summed E-state index contributed by atoms with van der Waals surface area (Å²) in [7, 11) is 0. The van der Waals surface area contributed by atoms with Gasteiger partial charge in [0, 0.05) is 30.2 Å². The number of nitrogens with one attached hydrogen (secondary N) is 1. The molecule has 1 aliphatic carbocycles. The molecule has 19 heavy (non-hydrogen) atoms. The monoisotopic (exact) mass is 275 g/mol. The number of hydrogen-bond donors (Lipinski definition) is 1. The van der Waals surface area contributed by atoms with E-state index in [0.717, 1.165) is 17.5 Å². The van der Waals surface area contributed by atoms with Gasteiger partial charge in [0.1, 0.15) is 5.82 Å². The molecule has 2 aromatic rings. The molecule has 5 nitrogen and oxygen atoms in total. The number of piperidine rings is 1. The van der Waals surface area contributed by atoms with Crippen molar-refractivity contribution in [2.45, 2.75) is 44.1 Å². The molecule has 2 aliphatic rings. The Balaban J connectivity index is 1.62. The van der Waals surface area contributed by atoms with Gasteiger partial charge in [0.2, 0.25) is 5.13 Å². The van der Waals surface area contributed by atoms with E-state index in [2.05, 4.69) is 25.5 Å². The van der Waals surface area contributed by atoms with Crippen LogP contribution < -0.4 is 4.90 Å². The first kappa shape index (κ1) is 11.4. The maximum absolute atomic E-state index is 4.76. The van der Waals surface area contributed by atoms with Gasteiger partial charge < -0.3 is 4.90 Å². The summed E-state index contributed by atoms with van der Waals surface area (Å²) in [5.41, 5.74) is 1.20. The molecule has 2 aromatic heterocycles. The predicted octanol–water partition coefficient (Wildman–Crippen LogP) is 2.87. The molecule has 2 fully saturated rings. The van der Waals surface area contributed by atoms with E-state index in [9.17, 15) is 0 Å². The van der Waals surface area contributed by atoms with Gasteiger partial charge in [-0.15, -0.1) is 0 Å². The normalized spacial score (nSPS) is 23.8. The molecule has 1 saturated carbocycles. The maximum Gasteiger partial charge on any atom is 0.205 e. The summed E-state index contributed by atoms with van der Waals surface area (Å²) < 4.78 is 4.53. The lowest BCUT2D eigenvalue weighted by atomic mass is 10.0. The number of aromatic amines is 1. The van der Waals surface area contributed by atoms with Gasteiger partial charge in [0.15, 0.2) is 0 Å². The lowest BCUT2D eigenvalue weighted by Crippen LogP contribution is -2.33. The van der Waals surface area contributed by atoms with Crippen LogP contribution in [-0.4, -0.2) is 26.1 Å². The first-order valence-corrected chi connectivity index (χ1v) is 7.78. The minimum Gasteiger partial charge on any atom is -0.338 e. The third kappa shape index (κ3) is 2.14. The van der Waals surface area contributed by atoms with Crippen molar-refractivity contribution >= 4 is 16.7 Å². The van der Waals surface area contributed by atoms with Crippen molar-refractivity contribution in [2.75, 3.05) is 11.4 Å². The zero-order valence-corrected chi connectivity index (χ0v) is 11.6. The van der Waals surface area contributed by atoms with E-state index in [1.165, 1.54) is 37.8 Å². The Morgan fingerprint density at radius 1 is 1.26 bits per heavy atom. The van der Waals surface area contributed by atoms with Crippen LogP contribution in [0.2, 0.25) is 0 Å². The minimum atomic E-state index is 0.385. The summed E-state index contributed by atoms with van der Waals surface area (Å²) >= 11 is 1.56. The van der Waals surface area contributed by atoms with Gasteiger partial charge in [-0.05, 0) is 38.2 Å². The lowest BCUT2D eigenvalue weighted by Gasteiger charge is -2.34. The number of anilines is 1. The first-order valence-electron chi connectivity index (χ1n) is 7.01. The third-order valence-corrected chi connectivity index (χ3v) is 4.77. The summed E-state index contributed by atoms with van der Waals surface area (Å²) in [6.07, 6.45) is 8.04. The summed E-state index contributed by atoms with van der Waals surface area (Å²) in [5.74, 6) is 1.70. The summed E-state index contributed by atoms with van der Waals surface area (Å²) in [4.78, 5) is 7.16. The van der Waals surface area contributed by atoms with Crippen molar-refractivity contribution < 1.29 is 0 Å². The van der Waals surface area contributed by atoms with Crippen LogP contribution in [0, 0.1) is 0 Å². The highest BCUT2D eigenvalue weighted by molar-refractivity contribution is 7.09. The van der Waals surface area contributed by atoms with E-state index < -0.39 is 0 Å². The van der Waals surface area contributed by atoms with Gasteiger partial charge >= 0.3 is 0 Å². The Bertz CT molecular complexity index is 545. The molecule has 0 aromatic carbocycles. The summed E-state index contributed by atoms with van der Waals surface area (Å²) in [6.45, 7) is 1.07. The van der Waals surface area contributed by atoms with Crippen LogP contribution in [0.3, 0.4) is 0 Å². The average molecular weight is 275 g/mol. The highest BCUT2D eigenvalue weighted by Crippen LogP contribution is 2.41. The molecular formula is C13H17N5S. The Morgan fingerprint density at radius 3 is 3.00 bits per heavy atom. The van der Waals surface area contributed by atoms with Gasteiger partial charge in [-0.25, -0.2) is 4.98 Å². The molecule has 0 bridgehead atoms. The Morgan fingerprint density at radius 2 is 2.21 bits per heavy atom. The molecule has 6 heteroatoms. The molecule has 1 unspecified atom stereocenters. The standard InChI is InChI=1S/C13H17N5S/c1-2-8-18(11(3-1)10-6-7-14-16-10)13-15-12(17-19-13)9-4-5-9/h6-7,9,11H,1-5,8H2,(H,14,16). The molecular weight excluding hydrogens is 258 g/mol. The molecule has 1 saturated heterocycles. The quantitative estimate of drug-likeness (QED) is 0.935. The fraction of sp³-hybridized carbons (Fsp3) is 0.615. The number of rotatable bonds is 3. The molecule has 3 heterocycles. The maximum atomic E-state index is 4.76. The second-order valence-corrected chi connectivity index (χ2v) is 6.16. The largest absolute Gasteiger partial charge is 0.338 e. The number of hydrogen-bond acceptors (Lipinski definition) is 5. The van der Waals surface area contributed by atoms with Crippen LogP contribution in [0.1, 0.15) is 55.6 Å². The second-order valence-electron chi connectivity index (χ2n) is 5.43. The van der Waals surface area contributed by atoms with Gasteiger partial charge in [-0.3, -0.25) is 5.10 Å². The van der Waals surface area contributed by atoms with E-state index in [1.807, 2.05) is 6.20 Å². The molecule has 1 atom stereocenters. The van der Waals surface area contributed by atoms with Crippen molar-refractivity contribution in [3.8, 4) is 0 Å². The zero-order valence-electron chi connectivity index (χ0n) is 10.7. The van der Waals surface area contributed by atoms with E-state index >= 15 is 0 Å². The lowest BCUT2D eigenvalue weighted by molar-refractivity contribution is 0.464. The van der Waals surface area contributed by atoms with Crippen LogP contribution in [0.5, 0.6) is 0 Å². The molecule has 0 amide bonds. The predicted molar refractivity (Wildman–Crippen MR) is 74.4 cm³/mol. The van der Waals surface area contributed by atoms with Crippen molar-refractivity contribution in [1.82, 2.24) is 19.6 Å². The zero-order chi connectivity index (χ0) is 12.7. The van der Waals surface area contributed by atoms with Gasteiger partial charge in [0.25, 0.3) is 0 Å². The van der Waals surface area contributed by atoms with Gasteiger partial charge in [-0.1, -0.05) is 0 Å². The Kier molecular flexibility index (Phi) is 2.76. The molecule has 0 spiro atoms. The van der Waals surface area contributed by atoms with Crippen LogP contribution >= 0.6 is 11.5 Å². The molecule has 0 radical (unpaired) electrons. The average Bonchev–Trinajstić information content (AvgIpc) is 2.97. The molecule has 1 N–H and O–H groups in total. The fourth-order valence-corrected chi connectivity index (χ4v) is 3.61. The highest BCUT2D eigenvalue weighted by Gasteiger charge is 2.31. The van der Waals surface area contributed by atoms with E-state index in [4.69, 9.17) is 4.98 Å². The minimum absolute atomic E-state index is 0.385. The van der Waals surface area contributed by atoms with Crippen molar-refractivity contribution in [3.63, 3.8) is 0 Å². The second kappa shape index (κ2) is 4.59. The number of H-pyrrole nitrogens is 1.